The lowest BCUT2D eigenvalue weighted by molar-refractivity contribution is 0.791. The van der Waals surface area contributed by atoms with Crippen molar-refractivity contribution in [2.24, 2.45) is 11.7 Å². The molecule has 0 aliphatic carbocycles. The lowest BCUT2D eigenvalue weighted by atomic mass is 10.1. The molecule has 0 aromatic rings. The van der Waals surface area contributed by atoms with Crippen molar-refractivity contribution >= 4 is 11.8 Å². The van der Waals surface area contributed by atoms with Crippen LogP contribution in [0.15, 0.2) is 10.5 Å². The van der Waals surface area contributed by atoms with Crippen molar-refractivity contribution in [2.75, 3.05) is 12.3 Å². The van der Waals surface area contributed by atoms with Crippen molar-refractivity contribution in [1.82, 2.24) is 0 Å². The molecule has 0 amide bonds. The summed E-state index contributed by atoms with van der Waals surface area (Å²) in [5.41, 5.74) is 7.01. The molecule has 1 rings (SSSR count). The lowest BCUT2D eigenvalue weighted by Crippen LogP contribution is -2.00. The largest absolute Gasteiger partial charge is 0.326 e. The van der Waals surface area contributed by atoms with Gasteiger partial charge in [-0.15, -0.1) is 11.8 Å². The second kappa shape index (κ2) is 2.76. The van der Waals surface area contributed by atoms with Gasteiger partial charge in [-0.05, 0) is 17.7 Å². The highest BCUT2D eigenvalue weighted by Crippen LogP contribution is 2.34. The first-order valence-corrected chi connectivity index (χ1v) is 4.26. The Morgan fingerprint density at radius 2 is 2.44 bits per heavy atom. The lowest BCUT2D eigenvalue weighted by Gasteiger charge is -1.99. The predicted molar refractivity (Wildman–Crippen MR) is 43.4 cm³/mol. The van der Waals surface area contributed by atoms with Crippen molar-refractivity contribution in [3.05, 3.63) is 10.5 Å². The molecule has 0 saturated carbocycles. The molecule has 1 aliphatic rings. The minimum Gasteiger partial charge on any atom is -0.326 e. The fourth-order valence-electron chi connectivity index (χ4n) is 0.959. The van der Waals surface area contributed by atoms with Crippen LogP contribution in [0.25, 0.3) is 0 Å². The van der Waals surface area contributed by atoms with Gasteiger partial charge in [0, 0.05) is 12.3 Å². The third-order valence-corrected chi connectivity index (χ3v) is 3.38. The van der Waals surface area contributed by atoms with E-state index in [2.05, 4.69) is 13.8 Å². The van der Waals surface area contributed by atoms with Crippen LogP contribution >= 0.6 is 11.8 Å². The van der Waals surface area contributed by atoms with Gasteiger partial charge in [0.1, 0.15) is 0 Å². The first-order chi connectivity index (χ1) is 4.25. The van der Waals surface area contributed by atoms with Gasteiger partial charge in [-0.25, -0.2) is 0 Å². The minimum absolute atomic E-state index is 0.737. The van der Waals surface area contributed by atoms with Crippen LogP contribution < -0.4 is 5.73 Å². The molecular formula is C7H13NS. The SMILES string of the molecule is CC1=C(CN)SCC1C. The second-order valence-corrected chi connectivity index (χ2v) is 3.64. The molecule has 1 unspecified atom stereocenters. The summed E-state index contributed by atoms with van der Waals surface area (Å²) in [5.74, 6) is 1.99. The van der Waals surface area contributed by atoms with E-state index < -0.39 is 0 Å². The summed E-state index contributed by atoms with van der Waals surface area (Å²) in [6.45, 7) is 5.18. The highest BCUT2D eigenvalue weighted by Gasteiger charge is 2.16. The molecule has 0 aromatic carbocycles. The van der Waals surface area contributed by atoms with Gasteiger partial charge in [-0.1, -0.05) is 12.5 Å². The molecule has 0 aromatic heterocycles. The zero-order valence-corrected chi connectivity index (χ0v) is 6.79. The van der Waals surface area contributed by atoms with Crippen LogP contribution in [0.2, 0.25) is 0 Å². The van der Waals surface area contributed by atoms with Crippen LogP contribution in [0.1, 0.15) is 13.8 Å². The molecule has 0 spiro atoms. The summed E-state index contributed by atoms with van der Waals surface area (Å²) in [6, 6.07) is 0. The van der Waals surface area contributed by atoms with Crippen LogP contribution in [0, 0.1) is 5.92 Å². The highest BCUT2D eigenvalue weighted by molar-refractivity contribution is 8.03. The standard InChI is InChI=1S/C7H13NS/c1-5-4-9-7(3-8)6(5)2/h5H,3-4,8H2,1-2H3. The van der Waals surface area contributed by atoms with Crippen molar-refractivity contribution in [1.29, 1.82) is 0 Å². The first-order valence-electron chi connectivity index (χ1n) is 3.28. The number of rotatable bonds is 1. The van der Waals surface area contributed by atoms with Crippen LogP contribution in [0.3, 0.4) is 0 Å². The number of thioether (sulfide) groups is 1. The zero-order chi connectivity index (χ0) is 6.85. The first kappa shape index (κ1) is 7.16. The average Bonchev–Trinajstić information content (AvgIpc) is 2.15. The summed E-state index contributed by atoms with van der Waals surface area (Å²) in [5, 5.41) is 0. The van der Waals surface area contributed by atoms with E-state index in [4.69, 9.17) is 5.73 Å². The van der Waals surface area contributed by atoms with Gasteiger partial charge in [-0.2, -0.15) is 0 Å². The Labute approximate surface area is 60.7 Å². The van der Waals surface area contributed by atoms with E-state index in [0.717, 1.165) is 12.5 Å². The van der Waals surface area contributed by atoms with Crippen LogP contribution in [-0.2, 0) is 0 Å². The highest BCUT2D eigenvalue weighted by atomic mass is 32.2. The molecule has 52 valence electrons. The minimum atomic E-state index is 0.737. The maximum atomic E-state index is 5.51. The monoisotopic (exact) mass is 143 g/mol. The Balaban J connectivity index is 2.68. The molecule has 2 N–H and O–H groups in total. The average molecular weight is 143 g/mol. The fraction of sp³-hybridized carbons (Fsp3) is 0.714. The maximum absolute atomic E-state index is 5.51. The fourth-order valence-corrected chi connectivity index (χ4v) is 2.21. The van der Waals surface area contributed by atoms with E-state index in [-0.39, 0.29) is 0 Å². The van der Waals surface area contributed by atoms with Gasteiger partial charge in [0.05, 0.1) is 0 Å². The summed E-state index contributed by atoms with van der Waals surface area (Å²) in [7, 11) is 0. The number of allylic oxidation sites excluding steroid dienone is 1. The molecule has 1 nitrogen and oxygen atoms in total. The molecule has 0 bridgehead atoms. The molecule has 9 heavy (non-hydrogen) atoms. The van der Waals surface area contributed by atoms with Gasteiger partial charge in [0.2, 0.25) is 0 Å². The number of nitrogens with two attached hydrogens (primary N) is 1. The topological polar surface area (TPSA) is 26.0 Å². The molecule has 1 heterocycles. The van der Waals surface area contributed by atoms with Crippen LogP contribution in [-0.4, -0.2) is 12.3 Å². The summed E-state index contributed by atoms with van der Waals surface area (Å²) in [6.07, 6.45) is 0. The second-order valence-electron chi connectivity index (χ2n) is 2.52. The quantitative estimate of drug-likeness (QED) is 0.603. The Hall–Kier alpha value is 0.0500. The van der Waals surface area contributed by atoms with Gasteiger partial charge >= 0.3 is 0 Å². The van der Waals surface area contributed by atoms with E-state index in [1.54, 1.807) is 0 Å². The third-order valence-electron chi connectivity index (χ3n) is 1.87. The summed E-state index contributed by atoms with van der Waals surface area (Å²) in [4.78, 5) is 1.41. The third kappa shape index (κ3) is 1.30. The smallest absolute Gasteiger partial charge is 0.0238 e. The van der Waals surface area contributed by atoms with E-state index in [0.29, 0.717) is 0 Å². The van der Waals surface area contributed by atoms with Crippen LogP contribution in [0.4, 0.5) is 0 Å². The van der Waals surface area contributed by atoms with E-state index >= 15 is 0 Å². The number of hydrogen-bond acceptors (Lipinski definition) is 2. The maximum Gasteiger partial charge on any atom is 0.0238 e. The molecular weight excluding hydrogens is 130 g/mol. The Bertz CT molecular complexity index is 140. The normalized spacial score (nSPS) is 27.7. The molecule has 0 fully saturated rings. The van der Waals surface area contributed by atoms with Crippen LogP contribution in [0.5, 0.6) is 0 Å². The van der Waals surface area contributed by atoms with E-state index in [1.807, 2.05) is 11.8 Å². The van der Waals surface area contributed by atoms with Gasteiger partial charge < -0.3 is 5.73 Å². The predicted octanol–water partition coefficient (Wildman–Crippen LogP) is 1.60. The van der Waals surface area contributed by atoms with Crippen molar-refractivity contribution in [3.8, 4) is 0 Å². The Morgan fingerprint density at radius 1 is 1.78 bits per heavy atom. The molecule has 2 heteroatoms. The Kier molecular flexibility index (Phi) is 2.19. The molecule has 0 saturated heterocycles. The molecule has 0 radical (unpaired) electrons. The van der Waals surface area contributed by atoms with E-state index in [1.165, 1.54) is 16.2 Å². The number of hydrogen-bond donors (Lipinski definition) is 1. The van der Waals surface area contributed by atoms with E-state index in [9.17, 15) is 0 Å². The van der Waals surface area contributed by atoms with Gasteiger partial charge in [-0.3, -0.25) is 0 Å². The Morgan fingerprint density at radius 3 is 2.67 bits per heavy atom. The molecule has 1 atom stereocenters. The zero-order valence-electron chi connectivity index (χ0n) is 5.98. The van der Waals surface area contributed by atoms with Gasteiger partial charge in [0.25, 0.3) is 0 Å². The van der Waals surface area contributed by atoms with Crippen molar-refractivity contribution in [2.45, 2.75) is 13.8 Å². The summed E-state index contributed by atoms with van der Waals surface area (Å²) < 4.78 is 0. The van der Waals surface area contributed by atoms with Crippen molar-refractivity contribution in [3.63, 3.8) is 0 Å². The van der Waals surface area contributed by atoms with Gasteiger partial charge in [0.15, 0.2) is 0 Å². The van der Waals surface area contributed by atoms with Crippen molar-refractivity contribution < 1.29 is 0 Å². The molecule has 1 aliphatic heterocycles. The summed E-state index contributed by atoms with van der Waals surface area (Å²) >= 11 is 1.91.